The normalized spacial score (nSPS) is 11.0. The summed E-state index contributed by atoms with van der Waals surface area (Å²) in [7, 11) is 0. The van der Waals surface area contributed by atoms with E-state index >= 15 is 0 Å². The van der Waals surface area contributed by atoms with Crippen LogP contribution in [0.2, 0.25) is 0 Å². The molecule has 6 nitrogen and oxygen atoms in total. The lowest BCUT2D eigenvalue weighted by atomic mass is 10.1. The molecule has 0 aliphatic heterocycles. The lowest BCUT2D eigenvalue weighted by Crippen LogP contribution is -2.13. The fourth-order valence-corrected chi connectivity index (χ4v) is 3.07. The van der Waals surface area contributed by atoms with Crippen molar-refractivity contribution in [2.24, 2.45) is 0 Å². The third kappa shape index (κ3) is 4.71. The highest BCUT2D eigenvalue weighted by Crippen LogP contribution is 2.26. The molecular weight excluding hydrogens is 362 g/mol. The summed E-state index contributed by atoms with van der Waals surface area (Å²) in [4.78, 5) is 16.7. The van der Waals surface area contributed by atoms with Crippen LogP contribution in [-0.2, 0) is 11.2 Å². The molecule has 1 heterocycles. The Hall–Kier alpha value is -3.63. The average molecular weight is 377 g/mol. The number of aromatic nitrogens is 1. The van der Waals surface area contributed by atoms with Gasteiger partial charge in [0, 0.05) is 11.8 Å². The van der Waals surface area contributed by atoms with Crippen LogP contribution in [0.15, 0.2) is 59.5 Å². The van der Waals surface area contributed by atoms with Gasteiger partial charge >= 0.3 is 0 Å². The number of phenolic OH excluding ortho intramolecular Hbond substituents is 2. The maximum Gasteiger partial charge on any atom is 0.268 e. The van der Waals surface area contributed by atoms with Crippen molar-refractivity contribution >= 4 is 28.5 Å². The lowest BCUT2D eigenvalue weighted by Gasteiger charge is -2.02. The van der Waals surface area contributed by atoms with Gasteiger partial charge in [0.25, 0.3) is 5.91 Å². The SMILES string of the molecule is N#C/C(=C\c1ccc(O)c(O)c1)C(=O)Nc1nc(Cc2ccccc2)cs1. The van der Waals surface area contributed by atoms with Crippen molar-refractivity contribution < 1.29 is 15.0 Å². The molecule has 0 unspecified atom stereocenters. The fraction of sp³-hybridized carbons (Fsp3) is 0.0500. The van der Waals surface area contributed by atoms with Gasteiger partial charge in [0.1, 0.15) is 11.6 Å². The molecule has 3 N–H and O–H groups in total. The van der Waals surface area contributed by atoms with E-state index in [1.165, 1.54) is 35.6 Å². The summed E-state index contributed by atoms with van der Waals surface area (Å²) in [5.41, 5.74) is 2.22. The fourth-order valence-electron chi connectivity index (χ4n) is 2.36. The number of thiazole rings is 1. The highest BCUT2D eigenvalue weighted by molar-refractivity contribution is 7.14. The molecule has 1 amide bonds. The monoisotopic (exact) mass is 377 g/mol. The van der Waals surface area contributed by atoms with E-state index in [1.807, 2.05) is 41.8 Å². The molecule has 27 heavy (non-hydrogen) atoms. The van der Waals surface area contributed by atoms with E-state index in [9.17, 15) is 20.3 Å². The van der Waals surface area contributed by atoms with Crippen LogP contribution in [-0.4, -0.2) is 21.1 Å². The minimum absolute atomic E-state index is 0.139. The number of nitrogens with zero attached hydrogens (tertiary/aromatic N) is 2. The van der Waals surface area contributed by atoms with Gasteiger partial charge in [0.15, 0.2) is 16.6 Å². The molecule has 3 rings (SSSR count). The summed E-state index contributed by atoms with van der Waals surface area (Å²) in [5.74, 6) is -1.19. The summed E-state index contributed by atoms with van der Waals surface area (Å²) >= 11 is 1.28. The molecule has 0 fully saturated rings. The molecule has 0 spiro atoms. The predicted octanol–water partition coefficient (Wildman–Crippen LogP) is 3.69. The largest absolute Gasteiger partial charge is 0.504 e. The molecule has 134 valence electrons. The molecule has 7 heteroatoms. The summed E-state index contributed by atoms with van der Waals surface area (Å²) in [6.07, 6.45) is 1.98. The van der Waals surface area contributed by atoms with Crippen LogP contribution < -0.4 is 5.32 Å². The number of phenols is 2. The van der Waals surface area contributed by atoms with Crippen molar-refractivity contribution in [1.29, 1.82) is 5.26 Å². The minimum Gasteiger partial charge on any atom is -0.504 e. The van der Waals surface area contributed by atoms with Gasteiger partial charge in [-0.2, -0.15) is 5.26 Å². The van der Waals surface area contributed by atoms with E-state index in [2.05, 4.69) is 10.3 Å². The minimum atomic E-state index is -0.592. The zero-order chi connectivity index (χ0) is 19.2. The van der Waals surface area contributed by atoms with Gasteiger partial charge < -0.3 is 10.2 Å². The van der Waals surface area contributed by atoms with Crippen LogP contribution in [0.1, 0.15) is 16.8 Å². The zero-order valence-electron chi connectivity index (χ0n) is 14.1. The Morgan fingerprint density at radius 1 is 1.19 bits per heavy atom. The van der Waals surface area contributed by atoms with Crippen molar-refractivity contribution in [2.45, 2.75) is 6.42 Å². The molecule has 1 aromatic heterocycles. The number of amides is 1. The number of hydrogen-bond acceptors (Lipinski definition) is 6. The standard InChI is InChI=1S/C20H15N3O3S/c21-11-15(8-14-6-7-17(24)18(25)10-14)19(26)23-20-22-16(12-27-20)9-13-4-2-1-3-5-13/h1-8,10,12,24-25H,9H2,(H,22,23,26)/b15-8+. The number of carbonyl (C=O) groups is 1. The number of benzene rings is 2. The van der Waals surface area contributed by atoms with E-state index in [0.717, 1.165) is 11.3 Å². The molecule has 3 aromatic rings. The Labute approximate surface area is 159 Å². The lowest BCUT2D eigenvalue weighted by molar-refractivity contribution is -0.112. The maximum atomic E-state index is 12.3. The maximum absolute atomic E-state index is 12.3. The van der Waals surface area contributed by atoms with E-state index < -0.39 is 5.91 Å². The van der Waals surface area contributed by atoms with Crippen LogP contribution in [0.5, 0.6) is 11.5 Å². The number of nitriles is 1. The summed E-state index contributed by atoms with van der Waals surface area (Å²) < 4.78 is 0. The van der Waals surface area contributed by atoms with Gasteiger partial charge in [-0.05, 0) is 29.3 Å². The number of carbonyl (C=O) groups excluding carboxylic acids is 1. The van der Waals surface area contributed by atoms with Crippen LogP contribution in [0, 0.1) is 11.3 Å². The summed E-state index contributed by atoms with van der Waals surface area (Å²) in [6, 6.07) is 15.7. The van der Waals surface area contributed by atoms with Gasteiger partial charge in [-0.25, -0.2) is 4.98 Å². The molecule has 0 bridgehead atoms. The topological polar surface area (TPSA) is 106 Å². The first-order chi connectivity index (χ1) is 13.0. The predicted molar refractivity (Wildman–Crippen MR) is 103 cm³/mol. The van der Waals surface area contributed by atoms with E-state index in [0.29, 0.717) is 17.1 Å². The number of hydrogen-bond donors (Lipinski definition) is 3. The number of rotatable bonds is 5. The average Bonchev–Trinajstić information content (AvgIpc) is 3.10. The van der Waals surface area contributed by atoms with Crippen molar-refractivity contribution in [3.05, 3.63) is 76.3 Å². The van der Waals surface area contributed by atoms with E-state index in [4.69, 9.17) is 0 Å². The molecule has 0 saturated carbocycles. The first-order valence-electron chi connectivity index (χ1n) is 7.98. The molecule has 0 atom stereocenters. The molecular formula is C20H15N3O3S. The Morgan fingerprint density at radius 3 is 2.67 bits per heavy atom. The van der Waals surface area contributed by atoms with Crippen LogP contribution in [0.3, 0.4) is 0 Å². The molecule has 0 aliphatic carbocycles. The number of nitrogens with one attached hydrogen (secondary N) is 1. The second-order valence-corrected chi connectivity index (χ2v) is 6.54. The smallest absolute Gasteiger partial charge is 0.268 e. The van der Waals surface area contributed by atoms with Crippen molar-refractivity contribution in [1.82, 2.24) is 4.98 Å². The highest BCUT2D eigenvalue weighted by atomic mass is 32.1. The Kier molecular flexibility index (Phi) is 5.50. The van der Waals surface area contributed by atoms with Gasteiger partial charge in [-0.1, -0.05) is 36.4 Å². The summed E-state index contributed by atoms with van der Waals surface area (Å²) in [5, 5.41) is 33.0. The Balaban J connectivity index is 1.71. The van der Waals surface area contributed by atoms with E-state index in [1.54, 1.807) is 0 Å². The van der Waals surface area contributed by atoms with Gasteiger partial charge in [0.05, 0.1) is 5.69 Å². The van der Waals surface area contributed by atoms with Crippen molar-refractivity contribution in [3.63, 3.8) is 0 Å². The van der Waals surface area contributed by atoms with Gasteiger partial charge in [-0.15, -0.1) is 11.3 Å². The molecule has 0 aliphatic rings. The third-order valence-corrected chi connectivity index (χ3v) is 4.48. The molecule has 0 saturated heterocycles. The van der Waals surface area contributed by atoms with E-state index in [-0.39, 0.29) is 17.1 Å². The number of anilines is 1. The van der Waals surface area contributed by atoms with Gasteiger partial charge in [0.2, 0.25) is 0 Å². The Bertz CT molecular complexity index is 1040. The third-order valence-electron chi connectivity index (χ3n) is 3.68. The van der Waals surface area contributed by atoms with Crippen molar-refractivity contribution in [3.8, 4) is 17.6 Å². The quantitative estimate of drug-likeness (QED) is 0.357. The van der Waals surface area contributed by atoms with Crippen LogP contribution in [0.4, 0.5) is 5.13 Å². The second-order valence-electron chi connectivity index (χ2n) is 5.68. The first-order valence-corrected chi connectivity index (χ1v) is 8.86. The molecule has 0 radical (unpaired) electrons. The van der Waals surface area contributed by atoms with Crippen LogP contribution >= 0.6 is 11.3 Å². The Morgan fingerprint density at radius 2 is 1.96 bits per heavy atom. The molecule has 2 aromatic carbocycles. The second kappa shape index (κ2) is 8.17. The van der Waals surface area contributed by atoms with Crippen LogP contribution in [0.25, 0.3) is 6.08 Å². The number of aromatic hydroxyl groups is 2. The summed E-state index contributed by atoms with van der Waals surface area (Å²) in [6.45, 7) is 0. The van der Waals surface area contributed by atoms with Crippen molar-refractivity contribution in [2.75, 3.05) is 5.32 Å². The highest BCUT2D eigenvalue weighted by Gasteiger charge is 2.12. The zero-order valence-corrected chi connectivity index (χ0v) is 14.9. The van der Waals surface area contributed by atoms with Gasteiger partial charge in [-0.3, -0.25) is 10.1 Å². The first kappa shape index (κ1) is 18.2.